The molecule has 0 unspecified atom stereocenters. The fraction of sp³-hybridized carbons (Fsp3) is 0.524. The van der Waals surface area contributed by atoms with Crippen molar-refractivity contribution in [2.24, 2.45) is 0 Å². The second-order valence-electron chi connectivity index (χ2n) is 7.66. The highest BCUT2D eigenvalue weighted by molar-refractivity contribution is 5.90. The first-order valence-electron chi connectivity index (χ1n) is 9.79. The Bertz CT molecular complexity index is 859. The number of rotatable bonds is 3. The second kappa shape index (κ2) is 7.35. The van der Waals surface area contributed by atoms with Crippen molar-refractivity contribution in [2.75, 3.05) is 32.8 Å². The van der Waals surface area contributed by atoms with Crippen LogP contribution >= 0.6 is 0 Å². The summed E-state index contributed by atoms with van der Waals surface area (Å²) in [5.74, 6) is 0.215. The third-order valence-corrected chi connectivity index (χ3v) is 5.75. The molecule has 1 atom stereocenters. The summed E-state index contributed by atoms with van der Waals surface area (Å²) in [6, 6.07) is 6.29. The molecule has 0 bridgehead atoms. The predicted molar refractivity (Wildman–Crippen MR) is 104 cm³/mol. The molecule has 2 aliphatic heterocycles. The highest BCUT2D eigenvalue weighted by Gasteiger charge is 2.31. The molecule has 4 rings (SSSR count). The Labute approximate surface area is 159 Å². The van der Waals surface area contributed by atoms with E-state index in [1.165, 1.54) is 5.56 Å². The Kier molecular flexibility index (Phi) is 4.91. The Balaban J connectivity index is 1.39. The number of aryl methyl sites for hydroxylation is 2. The Hall–Kier alpha value is -2.34. The van der Waals surface area contributed by atoms with Crippen molar-refractivity contribution in [3.63, 3.8) is 0 Å². The minimum absolute atomic E-state index is 0.0857. The van der Waals surface area contributed by atoms with Crippen LogP contribution in [0.4, 0.5) is 0 Å². The molecule has 2 saturated heterocycles. The normalized spacial score (nSPS) is 20.4. The number of ether oxygens (including phenoxy) is 1. The van der Waals surface area contributed by atoms with Crippen LogP contribution in [-0.4, -0.2) is 65.5 Å². The standard InChI is InChI=1S/C21H27N3O3/c1-14-5-6-18-17(12-14)16(15(2)22-18)13-20(25)23-7-9-24(10-8-23)21(26)19-4-3-11-27-19/h5-6,12,19,22H,3-4,7-11,13H2,1-2H3/t19-/m0/s1. The quantitative estimate of drug-likeness (QED) is 0.902. The van der Waals surface area contributed by atoms with Gasteiger partial charge in [-0.25, -0.2) is 0 Å². The molecule has 144 valence electrons. The number of hydrogen-bond acceptors (Lipinski definition) is 3. The molecule has 0 spiro atoms. The monoisotopic (exact) mass is 369 g/mol. The number of carbonyl (C=O) groups excluding carboxylic acids is 2. The molecule has 0 aliphatic carbocycles. The third kappa shape index (κ3) is 3.58. The van der Waals surface area contributed by atoms with Crippen LogP contribution in [0.1, 0.15) is 29.7 Å². The van der Waals surface area contributed by atoms with Gasteiger partial charge in [-0.1, -0.05) is 11.6 Å². The van der Waals surface area contributed by atoms with Gasteiger partial charge in [0.25, 0.3) is 5.91 Å². The summed E-state index contributed by atoms with van der Waals surface area (Å²) in [5.41, 5.74) is 4.40. The van der Waals surface area contributed by atoms with Crippen LogP contribution in [0, 0.1) is 13.8 Å². The van der Waals surface area contributed by atoms with E-state index in [9.17, 15) is 9.59 Å². The minimum Gasteiger partial charge on any atom is -0.368 e. The number of nitrogens with one attached hydrogen (secondary N) is 1. The molecule has 0 radical (unpaired) electrons. The number of aromatic nitrogens is 1. The van der Waals surface area contributed by atoms with Crippen LogP contribution in [0.15, 0.2) is 18.2 Å². The maximum absolute atomic E-state index is 12.9. The lowest BCUT2D eigenvalue weighted by molar-refractivity contribution is -0.145. The van der Waals surface area contributed by atoms with Crippen molar-refractivity contribution in [1.29, 1.82) is 0 Å². The molecule has 6 nitrogen and oxygen atoms in total. The van der Waals surface area contributed by atoms with Crippen molar-refractivity contribution >= 4 is 22.7 Å². The molecule has 2 amide bonds. The largest absolute Gasteiger partial charge is 0.368 e. The number of amides is 2. The zero-order chi connectivity index (χ0) is 19.0. The Morgan fingerprint density at radius 3 is 2.59 bits per heavy atom. The molecule has 2 aromatic rings. The molecule has 6 heteroatoms. The van der Waals surface area contributed by atoms with E-state index < -0.39 is 0 Å². The lowest BCUT2D eigenvalue weighted by Gasteiger charge is -2.35. The molecule has 1 N–H and O–H groups in total. The van der Waals surface area contributed by atoms with Gasteiger partial charge in [0.1, 0.15) is 6.10 Å². The van der Waals surface area contributed by atoms with Crippen LogP contribution in [0.2, 0.25) is 0 Å². The summed E-state index contributed by atoms with van der Waals surface area (Å²) in [5, 5.41) is 1.13. The van der Waals surface area contributed by atoms with Gasteiger partial charge < -0.3 is 19.5 Å². The van der Waals surface area contributed by atoms with Gasteiger partial charge in [0, 0.05) is 49.4 Å². The number of fused-ring (bicyclic) bond motifs is 1. The average Bonchev–Trinajstić information content (AvgIpc) is 3.30. The Morgan fingerprint density at radius 2 is 1.89 bits per heavy atom. The van der Waals surface area contributed by atoms with Gasteiger partial charge in [-0.2, -0.15) is 0 Å². The fourth-order valence-corrected chi connectivity index (χ4v) is 4.14. The number of benzene rings is 1. The predicted octanol–water partition coefficient (Wildman–Crippen LogP) is 2.18. The lowest BCUT2D eigenvalue weighted by Crippen LogP contribution is -2.53. The first kappa shape index (κ1) is 18.0. The SMILES string of the molecule is Cc1ccc2[nH]c(C)c(CC(=O)N3CCN(C(=O)[C@@H]4CCCO4)CC3)c2c1. The molecule has 1 aromatic heterocycles. The first-order chi connectivity index (χ1) is 13.0. The minimum atomic E-state index is -0.274. The molecular weight excluding hydrogens is 342 g/mol. The van der Waals surface area contributed by atoms with E-state index >= 15 is 0 Å². The van der Waals surface area contributed by atoms with E-state index in [0.717, 1.165) is 35.0 Å². The number of nitrogens with zero attached hydrogens (tertiary/aromatic N) is 2. The maximum Gasteiger partial charge on any atom is 0.251 e. The lowest BCUT2D eigenvalue weighted by atomic mass is 10.0. The average molecular weight is 369 g/mol. The van der Waals surface area contributed by atoms with E-state index in [0.29, 0.717) is 39.2 Å². The van der Waals surface area contributed by atoms with Crippen molar-refractivity contribution in [2.45, 2.75) is 39.2 Å². The highest BCUT2D eigenvalue weighted by Crippen LogP contribution is 2.24. The van der Waals surface area contributed by atoms with Gasteiger partial charge in [0.05, 0.1) is 6.42 Å². The van der Waals surface area contributed by atoms with Gasteiger partial charge in [-0.3, -0.25) is 9.59 Å². The highest BCUT2D eigenvalue weighted by atomic mass is 16.5. The van der Waals surface area contributed by atoms with E-state index in [4.69, 9.17) is 4.74 Å². The van der Waals surface area contributed by atoms with Gasteiger partial charge >= 0.3 is 0 Å². The van der Waals surface area contributed by atoms with Crippen molar-refractivity contribution in [1.82, 2.24) is 14.8 Å². The van der Waals surface area contributed by atoms with Crippen molar-refractivity contribution in [3.05, 3.63) is 35.0 Å². The topological polar surface area (TPSA) is 65.6 Å². The van der Waals surface area contributed by atoms with Gasteiger partial charge in [0.2, 0.25) is 5.91 Å². The van der Waals surface area contributed by atoms with E-state index in [1.54, 1.807) is 0 Å². The summed E-state index contributed by atoms with van der Waals surface area (Å²) in [6.07, 6.45) is 1.90. The molecular formula is C21H27N3O3. The summed E-state index contributed by atoms with van der Waals surface area (Å²) < 4.78 is 5.50. The van der Waals surface area contributed by atoms with E-state index in [2.05, 4.69) is 30.1 Å². The van der Waals surface area contributed by atoms with E-state index in [1.807, 2.05) is 16.7 Å². The molecule has 1 aromatic carbocycles. The van der Waals surface area contributed by atoms with Gasteiger partial charge in [0.15, 0.2) is 0 Å². The number of aromatic amines is 1. The van der Waals surface area contributed by atoms with Crippen LogP contribution in [0.25, 0.3) is 10.9 Å². The zero-order valence-corrected chi connectivity index (χ0v) is 16.1. The summed E-state index contributed by atoms with van der Waals surface area (Å²) >= 11 is 0. The smallest absolute Gasteiger partial charge is 0.251 e. The third-order valence-electron chi connectivity index (χ3n) is 5.75. The summed E-state index contributed by atoms with van der Waals surface area (Å²) in [4.78, 5) is 32.4. The second-order valence-corrected chi connectivity index (χ2v) is 7.66. The number of carbonyl (C=O) groups is 2. The van der Waals surface area contributed by atoms with Crippen LogP contribution < -0.4 is 0 Å². The van der Waals surface area contributed by atoms with Crippen LogP contribution in [-0.2, 0) is 20.7 Å². The van der Waals surface area contributed by atoms with Crippen molar-refractivity contribution < 1.29 is 14.3 Å². The van der Waals surface area contributed by atoms with E-state index in [-0.39, 0.29) is 17.9 Å². The zero-order valence-electron chi connectivity index (χ0n) is 16.1. The fourth-order valence-electron chi connectivity index (χ4n) is 4.14. The molecule has 2 aliphatic rings. The van der Waals surface area contributed by atoms with Crippen molar-refractivity contribution in [3.8, 4) is 0 Å². The summed E-state index contributed by atoms with van der Waals surface area (Å²) in [6.45, 7) is 7.15. The van der Waals surface area contributed by atoms with Gasteiger partial charge in [-0.05, 0) is 44.4 Å². The Morgan fingerprint density at radius 1 is 1.15 bits per heavy atom. The molecule has 27 heavy (non-hydrogen) atoms. The molecule has 2 fully saturated rings. The van der Waals surface area contributed by atoms with Crippen LogP contribution in [0.3, 0.4) is 0 Å². The summed E-state index contributed by atoms with van der Waals surface area (Å²) in [7, 11) is 0. The number of piperazine rings is 1. The maximum atomic E-state index is 12.9. The number of hydrogen-bond donors (Lipinski definition) is 1. The van der Waals surface area contributed by atoms with Gasteiger partial charge in [-0.15, -0.1) is 0 Å². The number of H-pyrrole nitrogens is 1. The molecule has 3 heterocycles. The van der Waals surface area contributed by atoms with Crippen LogP contribution in [0.5, 0.6) is 0 Å². The first-order valence-corrected chi connectivity index (χ1v) is 9.79. The molecule has 0 saturated carbocycles.